The van der Waals surface area contributed by atoms with Gasteiger partial charge in [-0.2, -0.15) is 0 Å². The summed E-state index contributed by atoms with van der Waals surface area (Å²) < 4.78 is 26.7. The number of hydrogen-bond acceptors (Lipinski definition) is 2. The van der Waals surface area contributed by atoms with Gasteiger partial charge in [-0.25, -0.2) is 8.78 Å². The minimum atomic E-state index is -0.547. The Hall–Kier alpha value is -1.00. The van der Waals surface area contributed by atoms with Gasteiger partial charge in [-0.1, -0.05) is 19.8 Å². The fraction of sp³-hybridized carbons (Fsp3) is 0.571. The van der Waals surface area contributed by atoms with Gasteiger partial charge in [0, 0.05) is 6.07 Å². The van der Waals surface area contributed by atoms with Gasteiger partial charge in [0.2, 0.25) is 0 Å². The number of hydrogen-bond donors (Lipinski definition) is 2. The van der Waals surface area contributed by atoms with E-state index in [2.05, 4.69) is 12.3 Å². The number of halogens is 2. The van der Waals surface area contributed by atoms with E-state index in [0.717, 1.165) is 38.2 Å². The zero-order chi connectivity index (χ0) is 13.2. The molecule has 0 aliphatic heterocycles. The molecule has 4 heteroatoms. The molecule has 1 aromatic rings. The lowest BCUT2D eigenvalue weighted by Gasteiger charge is -2.36. The molecule has 1 aliphatic carbocycles. The number of rotatable bonds is 4. The van der Waals surface area contributed by atoms with Gasteiger partial charge < -0.3 is 0 Å². The molecule has 1 unspecified atom stereocenters. The van der Waals surface area contributed by atoms with Gasteiger partial charge in [-0.05, 0) is 42.4 Å². The van der Waals surface area contributed by atoms with Gasteiger partial charge in [-0.15, -0.1) is 0 Å². The van der Waals surface area contributed by atoms with E-state index in [0.29, 0.717) is 5.56 Å². The smallest absolute Gasteiger partial charge is 0.126 e. The number of benzene rings is 1. The van der Waals surface area contributed by atoms with E-state index < -0.39 is 11.6 Å². The molecule has 0 aromatic heterocycles. The third kappa shape index (κ3) is 2.40. The van der Waals surface area contributed by atoms with Crippen molar-refractivity contribution in [3.8, 4) is 0 Å². The third-order valence-electron chi connectivity index (χ3n) is 4.30. The van der Waals surface area contributed by atoms with Crippen LogP contribution in [0.4, 0.5) is 8.78 Å². The van der Waals surface area contributed by atoms with E-state index in [-0.39, 0.29) is 11.5 Å². The Labute approximate surface area is 107 Å². The van der Waals surface area contributed by atoms with Crippen LogP contribution in [0.2, 0.25) is 0 Å². The second-order valence-electron chi connectivity index (χ2n) is 5.23. The Bertz CT molecular complexity index is 394. The van der Waals surface area contributed by atoms with Crippen LogP contribution in [0.15, 0.2) is 18.2 Å². The lowest BCUT2D eigenvalue weighted by molar-refractivity contribution is 0.187. The average molecular weight is 254 g/mol. The van der Waals surface area contributed by atoms with E-state index in [1.165, 1.54) is 12.1 Å². The largest absolute Gasteiger partial charge is 0.271 e. The first-order valence-electron chi connectivity index (χ1n) is 6.53. The fourth-order valence-electron chi connectivity index (χ4n) is 3.29. The molecular formula is C14H20F2N2. The molecule has 1 saturated carbocycles. The Morgan fingerprint density at radius 2 is 1.78 bits per heavy atom. The van der Waals surface area contributed by atoms with Crippen molar-refractivity contribution in [3.63, 3.8) is 0 Å². The Morgan fingerprint density at radius 1 is 1.22 bits per heavy atom. The van der Waals surface area contributed by atoms with Gasteiger partial charge >= 0.3 is 0 Å². The molecule has 18 heavy (non-hydrogen) atoms. The topological polar surface area (TPSA) is 38.0 Å². The van der Waals surface area contributed by atoms with Crippen molar-refractivity contribution in [2.75, 3.05) is 0 Å². The van der Waals surface area contributed by atoms with E-state index in [1.54, 1.807) is 0 Å². The van der Waals surface area contributed by atoms with E-state index >= 15 is 0 Å². The molecule has 3 N–H and O–H groups in total. The third-order valence-corrected chi connectivity index (χ3v) is 4.30. The Balaban J connectivity index is 2.37. The zero-order valence-electron chi connectivity index (χ0n) is 10.7. The van der Waals surface area contributed by atoms with Gasteiger partial charge in [-0.3, -0.25) is 11.3 Å². The minimum absolute atomic E-state index is 0.0228. The van der Waals surface area contributed by atoms with Crippen molar-refractivity contribution in [3.05, 3.63) is 35.4 Å². The summed E-state index contributed by atoms with van der Waals surface area (Å²) >= 11 is 0. The molecule has 0 heterocycles. The number of hydrazine groups is 1. The zero-order valence-corrected chi connectivity index (χ0v) is 10.7. The normalized spacial score (nSPS) is 20.0. The quantitative estimate of drug-likeness (QED) is 0.638. The molecule has 0 saturated heterocycles. The predicted molar refractivity (Wildman–Crippen MR) is 67.6 cm³/mol. The molecular weight excluding hydrogens is 234 g/mol. The summed E-state index contributed by atoms with van der Waals surface area (Å²) in [6.07, 6.45) is 5.38. The summed E-state index contributed by atoms with van der Waals surface area (Å²) in [6, 6.07) is 3.46. The minimum Gasteiger partial charge on any atom is -0.271 e. The predicted octanol–water partition coefficient (Wildman–Crippen LogP) is 3.44. The molecule has 100 valence electrons. The summed E-state index contributed by atoms with van der Waals surface area (Å²) in [5.74, 6) is 4.56. The molecule has 0 spiro atoms. The van der Waals surface area contributed by atoms with Gasteiger partial charge in [0.1, 0.15) is 11.6 Å². The van der Waals surface area contributed by atoms with E-state index in [4.69, 9.17) is 5.84 Å². The lowest BCUT2D eigenvalue weighted by atomic mass is 9.73. The molecule has 0 amide bonds. The molecule has 2 rings (SSSR count). The highest BCUT2D eigenvalue weighted by Gasteiger charge is 2.40. The fourth-order valence-corrected chi connectivity index (χ4v) is 3.29. The standard InChI is InChI=1S/C14H20F2N2/c1-2-14(5-3-4-6-14)13(18-17)10-7-11(15)9-12(16)8-10/h7-9,13,18H,2-6,17H2,1H3. The van der Waals surface area contributed by atoms with Crippen molar-refractivity contribution >= 4 is 0 Å². The maximum Gasteiger partial charge on any atom is 0.126 e. The van der Waals surface area contributed by atoms with Crippen LogP contribution in [-0.2, 0) is 0 Å². The molecule has 1 fully saturated rings. The van der Waals surface area contributed by atoms with E-state index in [1.807, 2.05) is 0 Å². The molecule has 1 aliphatic rings. The van der Waals surface area contributed by atoms with E-state index in [9.17, 15) is 8.78 Å². The second kappa shape index (κ2) is 5.33. The molecule has 1 aromatic carbocycles. The van der Waals surface area contributed by atoms with Crippen LogP contribution in [0.1, 0.15) is 50.6 Å². The lowest BCUT2D eigenvalue weighted by Crippen LogP contribution is -2.40. The highest BCUT2D eigenvalue weighted by atomic mass is 19.1. The average Bonchev–Trinajstić information content (AvgIpc) is 2.78. The first kappa shape index (κ1) is 13.4. The van der Waals surface area contributed by atoms with Crippen molar-refractivity contribution in [2.45, 2.75) is 45.1 Å². The van der Waals surface area contributed by atoms with Crippen LogP contribution in [0.25, 0.3) is 0 Å². The second-order valence-corrected chi connectivity index (χ2v) is 5.23. The van der Waals surface area contributed by atoms with Crippen LogP contribution < -0.4 is 11.3 Å². The first-order valence-corrected chi connectivity index (χ1v) is 6.53. The van der Waals surface area contributed by atoms with Crippen molar-refractivity contribution in [1.82, 2.24) is 5.43 Å². The molecule has 0 bridgehead atoms. The number of nitrogens with one attached hydrogen (secondary N) is 1. The molecule has 1 atom stereocenters. The highest BCUT2D eigenvalue weighted by Crippen LogP contribution is 2.49. The Morgan fingerprint density at radius 3 is 2.22 bits per heavy atom. The SMILES string of the molecule is CCC1(C(NN)c2cc(F)cc(F)c2)CCCC1. The van der Waals surface area contributed by atoms with Crippen molar-refractivity contribution < 1.29 is 8.78 Å². The van der Waals surface area contributed by atoms with Crippen LogP contribution >= 0.6 is 0 Å². The highest BCUT2D eigenvalue weighted by molar-refractivity contribution is 5.24. The van der Waals surface area contributed by atoms with Crippen LogP contribution in [0, 0.1) is 17.0 Å². The van der Waals surface area contributed by atoms with Crippen molar-refractivity contribution in [1.29, 1.82) is 0 Å². The van der Waals surface area contributed by atoms with Gasteiger partial charge in [0.25, 0.3) is 0 Å². The summed E-state index contributed by atoms with van der Waals surface area (Å²) in [5.41, 5.74) is 3.41. The van der Waals surface area contributed by atoms with Crippen LogP contribution in [-0.4, -0.2) is 0 Å². The maximum absolute atomic E-state index is 13.3. The first-order chi connectivity index (χ1) is 8.61. The molecule has 2 nitrogen and oxygen atoms in total. The number of nitrogens with two attached hydrogens (primary N) is 1. The van der Waals surface area contributed by atoms with Crippen molar-refractivity contribution in [2.24, 2.45) is 11.3 Å². The summed E-state index contributed by atoms with van der Waals surface area (Å²) in [7, 11) is 0. The summed E-state index contributed by atoms with van der Waals surface area (Å²) in [6.45, 7) is 2.12. The van der Waals surface area contributed by atoms with Crippen LogP contribution in [0.5, 0.6) is 0 Å². The molecule has 0 radical (unpaired) electrons. The Kier molecular flexibility index (Phi) is 3.97. The van der Waals surface area contributed by atoms with Crippen LogP contribution in [0.3, 0.4) is 0 Å². The van der Waals surface area contributed by atoms with Gasteiger partial charge in [0.15, 0.2) is 0 Å². The monoisotopic (exact) mass is 254 g/mol. The maximum atomic E-state index is 13.3. The summed E-state index contributed by atoms with van der Waals surface area (Å²) in [4.78, 5) is 0. The summed E-state index contributed by atoms with van der Waals surface area (Å²) in [5, 5.41) is 0. The van der Waals surface area contributed by atoms with Gasteiger partial charge in [0.05, 0.1) is 6.04 Å².